The summed E-state index contributed by atoms with van der Waals surface area (Å²) < 4.78 is 26.4. The largest absolute Gasteiger partial charge is 0.396 e. The predicted octanol–water partition coefficient (Wildman–Crippen LogP) is 1.99. The summed E-state index contributed by atoms with van der Waals surface area (Å²) in [5.41, 5.74) is 0.306. The first-order valence-corrected chi connectivity index (χ1v) is 7.98. The van der Waals surface area contributed by atoms with Gasteiger partial charge in [-0.25, -0.2) is 8.42 Å². The van der Waals surface area contributed by atoms with Crippen molar-refractivity contribution in [2.45, 2.75) is 31.2 Å². The van der Waals surface area contributed by atoms with Gasteiger partial charge >= 0.3 is 0 Å². The number of nitriles is 1. The molecule has 0 aliphatic heterocycles. The van der Waals surface area contributed by atoms with Crippen LogP contribution in [0.1, 0.15) is 25.8 Å². The molecule has 0 bridgehead atoms. The van der Waals surface area contributed by atoms with Crippen LogP contribution in [0.3, 0.4) is 0 Å². The molecule has 0 heterocycles. The number of hydrogen-bond donors (Lipinski definition) is 1. The van der Waals surface area contributed by atoms with E-state index in [0.29, 0.717) is 12.0 Å². The third-order valence-corrected chi connectivity index (χ3v) is 5.32. The van der Waals surface area contributed by atoms with E-state index in [4.69, 9.17) is 22.0 Å². The number of benzene rings is 1. The minimum absolute atomic E-state index is 0.0233. The van der Waals surface area contributed by atoms with Crippen LogP contribution in [0.25, 0.3) is 0 Å². The molecule has 1 aromatic carbocycles. The van der Waals surface area contributed by atoms with Crippen molar-refractivity contribution >= 4 is 21.6 Å². The Balaban J connectivity index is 3.23. The summed E-state index contributed by atoms with van der Waals surface area (Å²) in [6, 6.07) is 5.75. The third kappa shape index (κ3) is 3.70. The SMILES string of the molecule is CC(C)N(CCCO)S(=O)(=O)c1ccc(C#N)cc1Cl. The number of halogens is 1. The van der Waals surface area contributed by atoms with Crippen LogP contribution in [0.2, 0.25) is 5.02 Å². The van der Waals surface area contributed by atoms with Crippen LogP contribution in [0, 0.1) is 11.3 Å². The van der Waals surface area contributed by atoms with Crippen molar-refractivity contribution in [3.63, 3.8) is 0 Å². The van der Waals surface area contributed by atoms with Crippen LogP contribution >= 0.6 is 11.6 Å². The molecule has 110 valence electrons. The number of nitrogens with zero attached hydrogens (tertiary/aromatic N) is 2. The second-order valence-electron chi connectivity index (χ2n) is 4.54. The minimum atomic E-state index is -3.75. The lowest BCUT2D eigenvalue weighted by atomic mass is 10.2. The molecule has 0 radical (unpaired) electrons. The van der Waals surface area contributed by atoms with Gasteiger partial charge in [-0.2, -0.15) is 9.57 Å². The Hall–Kier alpha value is -1.13. The van der Waals surface area contributed by atoms with Crippen molar-refractivity contribution in [3.8, 4) is 6.07 Å². The van der Waals surface area contributed by atoms with E-state index in [9.17, 15) is 8.42 Å². The highest BCUT2D eigenvalue weighted by atomic mass is 35.5. The predicted molar refractivity (Wildman–Crippen MR) is 76.9 cm³/mol. The fourth-order valence-electron chi connectivity index (χ4n) is 1.79. The van der Waals surface area contributed by atoms with Crippen LogP contribution in [0.4, 0.5) is 0 Å². The Morgan fingerprint density at radius 2 is 2.10 bits per heavy atom. The maximum Gasteiger partial charge on any atom is 0.244 e. The Morgan fingerprint density at radius 1 is 1.45 bits per heavy atom. The zero-order chi connectivity index (χ0) is 15.3. The topological polar surface area (TPSA) is 81.4 Å². The van der Waals surface area contributed by atoms with E-state index in [1.165, 1.54) is 22.5 Å². The fraction of sp³-hybridized carbons (Fsp3) is 0.462. The maximum atomic E-state index is 12.6. The molecule has 1 aromatic rings. The highest BCUT2D eigenvalue weighted by Crippen LogP contribution is 2.27. The van der Waals surface area contributed by atoms with Gasteiger partial charge in [0, 0.05) is 19.2 Å². The molecule has 0 aromatic heterocycles. The molecule has 0 aliphatic carbocycles. The van der Waals surface area contributed by atoms with Gasteiger partial charge in [0.15, 0.2) is 0 Å². The van der Waals surface area contributed by atoms with Crippen molar-refractivity contribution in [1.82, 2.24) is 4.31 Å². The molecular formula is C13H17ClN2O3S. The molecule has 1 N–H and O–H groups in total. The summed E-state index contributed by atoms with van der Waals surface area (Å²) in [7, 11) is -3.75. The molecule has 0 spiro atoms. The van der Waals surface area contributed by atoms with E-state index in [-0.39, 0.29) is 29.1 Å². The molecule has 0 amide bonds. The first-order chi connectivity index (χ1) is 9.34. The van der Waals surface area contributed by atoms with E-state index >= 15 is 0 Å². The summed E-state index contributed by atoms with van der Waals surface area (Å²) in [5, 5.41) is 17.7. The molecule has 5 nitrogen and oxygen atoms in total. The summed E-state index contributed by atoms with van der Waals surface area (Å²) in [6.45, 7) is 3.64. The van der Waals surface area contributed by atoms with Gasteiger partial charge in [-0.05, 0) is 38.5 Å². The van der Waals surface area contributed by atoms with Crippen LogP contribution < -0.4 is 0 Å². The fourth-order valence-corrected chi connectivity index (χ4v) is 3.98. The number of sulfonamides is 1. The van der Waals surface area contributed by atoms with E-state index < -0.39 is 10.0 Å². The molecule has 0 saturated carbocycles. The molecule has 0 atom stereocenters. The zero-order valence-corrected chi connectivity index (χ0v) is 12.9. The van der Waals surface area contributed by atoms with Gasteiger partial charge in [-0.1, -0.05) is 11.6 Å². The van der Waals surface area contributed by atoms with Crippen LogP contribution in [-0.4, -0.2) is 37.0 Å². The summed E-state index contributed by atoms with van der Waals surface area (Å²) in [4.78, 5) is -0.0233. The molecule has 0 fully saturated rings. The van der Waals surface area contributed by atoms with Gasteiger partial charge < -0.3 is 5.11 Å². The van der Waals surface area contributed by atoms with Crippen molar-refractivity contribution in [2.75, 3.05) is 13.2 Å². The van der Waals surface area contributed by atoms with Crippen molar-refractivity contribution < 1.29 is 13.5 Å². The normalized spacial score (nSPS) is 11.8. The van der Waals surface area contributed by atoms with Crippen molar-refractivity contribution in [1.29, 1.82) is 5.26 Å². The Kier molecular flexibility index (Phi) is 5.96. The standard InChI is InChI=1S/C13H17ClN2O3S/c1-10(2)16(6-3-7-17)20(18,19)13-5-4-11(9-15)8-12(13)14/h4-5,8,10,17H,3,6-7H2,1-2H3. The van der Waals surface area contributed by atoms with Crippen LogP contribution in [0.15, 0.2) is 23.1 Å². The zero-order valence-electron chi connectivity index (χ0n) is 11.4. The smallest absolute Gasteiger partial charge is 0.244 e. The summed E-state index contributed by atoms with van der Waals surface area (Å²) in [5.74, 6) is 0. The lowest BCUT2D eigenvalue weighted by Gasteiger charge is -2.26. The average molecular weight is 317 g/mol. The molecule has 0 saturated heterocycles. The lowest BCUT2D eigenvalue weighted by molar-refractivity contribution is 0.258. The first-order valence-electron chi connectivity index (χ1n) is 6.17. The average Bonchev–Trinajstić information content (AvgIpc) is 2.37. The molecule has 0 unspecified atom stereocenters. The summed E-state index contributed by atoms with van der Waals surface area (Å²) in [6.07, 6.45) is 0.352. The molecule has 20 heavy (non-hydrogen) atoms. The molecule has 0 aliphatic rings. The maximum absolute atomic E-state index is 12.6. The molecular weight excluding hydrogens is 300 g/mol. The van der Waals surface area contributed by atoms with Gasteiger partial charge in [-0.15, -0.1) is 0 Å². The summed E-state index contributed by atoms with van der Waals surface area (Å²) >= 11 is 5.97. The van der Waals surface area contributed by atoms with Crippen molar-refractivity contribution in [2.24, 2.45) is 0 Å². The van der Waals surface area contributed by atoms with Crippen molar-refractivity contribution in [3.05, 3.63) is 28.8 Å². The monoisotopic (exact) mass is 316 g/mol. The Labute approximate surface area is 124 Å². The number of rotatable bonds is 6. The lowest BCUT2D eigenvalue weighted by Crippen LogP contribution is -2.38. The van der Waals surface area contributed by atoms with E-state index in [0.717, 1.165) is 0 Å². The van der Waals surface area contributed by atoms with Gasteiger partial charge in [0.2, 0.25) is 10.0 Å². The van der Waals surface area contributed by atoms with E-state index in [2.05, 4.69) is 0 Å². The highest BCUT2D eigenvalue weighted by molar-refractivity contribution is 7.89. The van der Waals surface area contributed by atoms with Crippen LogP contribution in [0.5, 0.6) is 0 Å². The first kappa shape index (κ1) is 16.9. The van der Waals surface area contributed by atoms with Gasteiger partial charge in [0.1, 0.15) is 4.90 Å². The Bertz CT molecular complexity index is 609. The second kappa shape index (κ2) is 7.04. The van der Waals surface area contributed by atoms with Gasteiger partial charge in [0.05, 0.1) is 16.7 Å². The van der Waals surface area contributed by atoms with Gasteiger partial charge in [0.25, 0.3) is 0 Å². The molecule has 1 rings (SSSR count). The van der Waals surface area contributed by atoms with E-state index in [1.807, 2.05) is 6.07 Å². The third-order valence-electron chi connectivity index (χ3n) is 2.76. The highest BCUT2D eigenvalue weighted by Gasteiger charge is 2.28. The number of aliphatic hydroxyl groups excluding tert-OH is 1. The Morgan fingerprint density at radius 3 is 2.55 bits per heavy atom. The van der Waals surface area contributed by atoms with E-state index in [1.54, 1.807) is 13.8 Å². The number of aliphatic hydroxyl groups is 1. The quantitative estimate of drug-likeness (QED) is 0.870. The second-order valence-corrected chi connectivity index (χ2v) is 6.81. The number of hydrogen-bond acceptors (Lipinski definition) is 4. The minimum Gasteiger partial charge on any atom is -0.396 e. The van der Waals surface area contributed by atoms with Crippen LogP contribution in [-0.2, 0) is 10.0 Å². The van der Waals surface area contributed by atoms with Gasteiger partial charge in [-0.3, -0.25) is 0 Å². The molecule has 7 heteroatoms.